The van der Waals surface area contributed by atoms with Crippen LogP contribution >= 0.6 is 22.9 Å². The van der Waals surface area contributed by atoms with Gasteiger partial charge in [0.1, 0.15) is 11.6 Å². The van der Waals surface area contributed by atoms with Gasteiger partial charge in [-0.2, -0.15) is 0 Å². The van der Waals surface area contributed by atoms with Crippen LogP contribution in [0.4, 0.5) is 10.1 Å². The molecule has 3 aromatic rings. The van der Waals surface area contributed by atoms with Gasteiger partial charge in [0.25, 0.3) is 5.91 Å². The third kappa shape index (κ3) is 4.28. The Bertz CT molecular complexity index is 988. The van der Waals surface area contributed by atoms with Gasteiger partial charge in [0.05, 0.1) is 28.4 Å². The lowest BCUT2D eigenvalue weighted by molar-refractivity contribution is 0.102. The quantitative estimate of drug-likeness (QED) is 0.568. The van der Waals surface area contributed by atoms with E-state index in [1.807, 2.05) is 5.38 Å². The fourth-order valence-electron chi connectivity index (χ4n) is 2.48. The first-order valence-corrected chi connectivity index (χ1v) is 9.55. The van der Waals surface area contributed by atoms with E-state index < -0.39 is 11.7 Å². The van der Waals surface area contributed by atoms with Gasteiger partial charge in [-0.1, -0.05) is 25.4 Å². The minimum Gasteiger partial charge on any atom is -0.497 e. The van der Waals surface area contributed by atoms with Crippen molar-refractivity contribution < 1.29 is 13.9 Å². The molecule has 0 saturated carbocycles. The normalized spacial score (nSPS) is 10.9. The number of hydrogen-bond acceptors (Lipinski definition) is 4. The molecule has 0 spiro atoms. The highest BCUT2D eigenvalue weighted by atomic mass is 35.5. The summed E-state index contributed by atoms with van der Waals surface area (Å²) in [7, 11) is 1.44. The number of nitrogens with zero attached hydrogens (tertiary/aromatic N) is 1. The number of thiazole rings is 1. The van der Waals surface area contributed by atoms with E-state index in [0.717, 1.165) is 16.3 Å². The van der Waals surface area contributed by atoms with Crippen LogP contribution in [0.25, 0.3) is 11.3 Å². The molecule has 0 radical (unpaired) electrons. The number of nitrogens with one attached hydrogen (secondary N) is 1. The molecule has 1 heterocycles. The summed E-state index contributed by atoms with van der Waals surface area (Å²) in [6.45, 7) is 4.17. The molecule has 0 unspecified atom stereocenters. The van der Waals surface area contributed by atoms with Crippen molar-refractivity contribution in [2.24, 2.45) is 0 Å². The minimum absolute atomic E-state index is 0.0722. The highest BCUT2D eigenvalue weighted by Gasteiger charge is 2.15. The van der Waals surface area contributed by atoms with E-state index >= 15 is 0 Å². The van der Waals surface area contributed by atoms with E-state index in [0.29, 0.717) is 22.4 Å². The molecule has 27 heavy (non-hydrogen) atoms. The maximum atomic E-state index is 14.0. The van der Waals surface area contributed by atoms with Crippen LogP contribution in [0.1, 0.15) is 35.1 Å². The smallest absolute Gasteiger partial charge is 0.258 e. The number of anilines is 1. The number of carbonyl (C=O) groups is 1. The lowest BCUT2D eigenvalue weighted by Gasteiger charge is -2.09. The largest absolute Gasteiger partial charge is 0.497 e. The first-order chi connectivity index (χ1) is 12.9. The van der Waals surface area contributed by atoms with Crippen molar-refractivity contribution in [1.29, 1.82) is 0 Å². The SMILES string of the molecule is COc1ccc(C(=O)Nc2ccc(-c3csc(C(C)C)n3)c(Cl)c2)c(F)c1. The molecule has 1 aromatic heterocycles. The second-order valence-corrected chi connectivity index (χ2v) is 7.52. The molecule has 1 N–H and O–H groups in total. The Morgan fingerprint density at radius 2 is 2.04 bits per heavy atom. The molecule has 0 aliphatic carbocycles. The summed E-state index contributed by atoms with van der Waals surface area (Å²) in [6.07, 6.45) is 0. The fourth-order valence-corrected chi connectivity index (χ4v) is 3.60. The molecule has 1 amide bonds. The second kappa shape index (κ2) is 8.06. The van der Waals surface area contributed by atoms with Crippen molar-refractivity contribution in [1.82, 2.24) is 4.98 Å². The molecular weight excluding hydrogens is 387 g/mol. The summed E-state index contributed by atoms with van der Waals surface area (Å²) < 4.78 is 19.0. The number of benzene rings is 2. The Morgan fingerprint density at radius 3 is 2.63 bits per heavy atom. The maximum Gasteiger partial charge on any atom is 0.258 e. The van der Waals surface area contributed by atoms with Crippen LogP contribution < -0.4 is 10.1 Å². The Kier molecular flexibility index (Phi) is 5.77. The molecule has 140 valence electrons. The summed E-state index contributed by atoms with van der Waals surface area (Å²) in [5.41, 5.74) is 1.99. The van der Waals surface area contributed by atoms with Gasteiger partial charge in [-0.05, 0) is 30.3 Å². The molecule has 0 fully saturated rings. The topological polar surface area (TPSA) is 51.2 Å². The van der Waals surface area contributed by atoms with E-state index in [9.17, 15) is 9.18 Å². The summed E-state index contributed by atoms with van der Waals surface area (Å²) in [6, 6.07) is 9.21. The standard InChI is InChI=1S/C20H18ClFN2O2S/c1-11(2)20-24-18(10-27-20)14-6-4-12(8-16(14)21)23-19(25)15-7-5-13(26-3)9-17(15)22/h4-11H,1-3H3,(H,23,25). The van der Waals surface area contributed by atoms with Crippen LogP contribution in [0.5, 0.6) is 5.75 Å². The van der Waals surface area contributed by atoms with Crippen molar-refractivity contribution in [3.8, 4) is 17.0 Å². The number of methoxy groups -OCH3 is 1. The zero-order chi connectivity index (χ0) is 19.6. The van der Waals surface area contributed by atoms with Gasteiger partial charge in [-0.3, -0.25) is 4.79 Å². The van der Waals surface area contributed by atoms with Gasteiger partial charge in [-0.25, -0.2) is 9.37 Å². The summed E-state index contributed by atoms with van der Waals surface area (Å²) >= 11 is 7.96. The zero-order valence-corrected chi connectivity index (χ0v) is 16.6. The number of hydrogen-bond donors (Lipinski definition) is 1. The molecule has 0 atom stereocenters. The highest BCUT2D eigenvalue weighted by Crippen LogP contribution is 2.33. The van der Waals surface area contributed by atoms with Crippen LogP contribution in [-0.2, 0) is 0 Å². The number of amides is 1. The van der Waals surface area contributed by atoms with Crippen LogP contribution in [0.2, 0.25) is 5.02 Å². The van der Waals surface area contributed by atoms with Crippen molar-refractivity contribution in [3.63, 3.8) is 0 Å². The predicted octanol–water partition coefficient (Wildman–Crippen LogP) is 5.99. The van der Waals surface area contributed by atoms with E-state index in [-0.39, 0.29) is 5.56 Å². The number of rotatable bonds is 5. The zero-order valence-electron chi connectivity index (χ0n) is 15.0. The Balaban J connectivity index is 1.80. The van der Waals surface area contributed by atoms with Crippen molar-refractivity contribution in [2.75, 3.05) is 12.4 Å². The van der Waals surface area contributed by atoms with Crippen LogP contribution in [0.3, 0.4) is 0 Å². The second-order valence-electron chi connectivity index (χ2n) is 6.22. The third-order valence-electron chi connectivity index (χ3n) is 3.94. The van der Waals surface area contributed by atoms with Gasteiger partial charge < -0.3 is 10.1 Å². The predicted molar refractivity (Wildman–Crippen MR) is 108 cm³/mol. The Morgan fingerprint density at radius 1 is 1.26 bits per heavy atom. The minimum atomic E-state index is -0.654. The molecule has 0 bridgehead atoms. The summed E-state index contributed by atoms with van der Waals surface area (Å²) in [5, 5.41) is 6.11. The molecule has 0 saturated heterocycles. The van der Waals surface area contributed by atoms with Gasteiger partial charge in [0.15, 0.2) is 0 Å². The van der Waals surface area contributed by atoms with Gasteiger partial charge in [0, 0.05) is 28.6 Å². The number of carbonyl (C=O) groups excluding carboxylic acids is 1. The van der Waals surface area contributed by atoms with Crippen LogP contribution in [-0.4, -0.2) is 18.0 Å². The molecule has 3 rings (SSSR count). The Labute approximate surface area is 166 Å². The monoisotopic (exact) mass is 404 g/mol. The van der Waals surface area contributed by atoms with Crippen molar-refractivity contribution in [2.45, 2.75) is 19.8 Å². The summed E-state index contributed by atoms with van der Waals surface area (Å²) in [4.78, 5) is 16.9. The molecule has 4 nitrogen and oxygen atoms in total. The van der Waals surface area contributed by atoms with Gasteiger partial charge in [0.2, 0.25) is 0 Å². The number of halogens is 2. The summed E-state index contributed by atoms with van der Waals surface area (Å²) in [5.74, 6) is -0.520. The van der Waals surface area contributed by atoms with E-state index in [1.165, 1.54) is 25.3 Å². The van der Waals surface area contributed by atoms with Crippen molar-refractivity contribution in [3.05, 3.63) is 63.2 Å². The van der Waals surface area contributed by atoms with E-state index in [2.05, 4.69) is 24.1 Å². The van der Waals surface area contributed by atoms with Gasteiger partial charge in [-0.15, -0.1) is 11.3 Å². The highest BCUT2D eigenvalue weighted by molar-refractivity contribution is 7.10. The lowest BCUT2D eigenvalue weighted by Crippen LogP contribution is -2.13. The van der Waals surface area contributed by atoms with E-state index in [1.54, 1.807) is 29.5 Å². The average molecular weight is 405 g/mol. The fraction of sp³-hybridized carbons (Fsp3) is 0.200. The first-order valence-electron chi connectivity index (χ1n) is 8.29. The van der Waals surface area contributed by atoms with Gasteiger partial charge >= 0.3 is 0 Å². The lowest BCUT2D eigenvalue weighted by atomic mass is 10.1. The van der Waals surface area contributed by atoms with Crippen molar-refractivity contribution >= 4 is 34.5 Å². The third-order valence-corrected chi connectivity index (χ3v) is 5.40. The average Bonchev–Trinajstić information content (AvgIpc) is 3.11. The molecule has 7 heteroatoms. The number of aromatic nitrogens is 1. The van der Waals surface area contributed by atoms with Crippen LogP contribution in [0.15, 0.2) is 41.8 Å². The maximum absolute atomic E-state index is 14.0. The molecule has 0 aliphatic heterocycles. The Hall–Kier alpha value is -2.44. The molecule has 2 aromatic carbocycles. The number of ether oxygens (including phenoxy) is 1. The molecular formula is C20H18ClFN2O2S. The van der Waals surface area contributed by atoms with E-state index in [4.69, 9.17) is 16.3 Å². The molecule has 0 aliphatic rings. The first kappa shape index (κ1) is 19.3. The van der Waals surface area contributed by atoms with Crippen LogP contribution in [0, 0.1) is 5.82 Å².